The molecule has 3 heterocycles. The smallest absolute Gasteiger partial charge is 0.166 e. The fourth-order valence-corrected chi connectivity index (χ4v) is 4.19. The van der Waals surface area contributed by atoms with Gasteiger partial charge < -0.3 is 14.4 Å². The van der Waals surface area contributed by atoms with Crippen LogP contribution < -0.4 is 0 Å². The van der Waals surface area contributed by atoms with Crippen molar-refractivity contribution in [3.63, 3.8) is 0 Å². The van der Waals surface area contributed by atoms with Crippen LogP contribution in [-0.2, 0) is 24.3 Å². The lowest BCUT2D eigenvalue weighted by molar-refractivity contribution is 0.111. The zero-order chi connectivity index (χ0) is 19.7. The highest BCUT2D eigenvalue weighted by Crippen LogP contribution is 2.39. The Hall–Kier alpha value is -2.51. The molecule has 148 valence electrons. The number of nitrogens with zero attached hydrogens (tertiary/aromatic N) is 2. The molecule has 0 amide bonds. The van der Waals surface area contributed by atoms with Gasteiger partial charge in [0.1, 0.15) is 5.82 Å². The van der Waals surface area contributed by atoms with Crippen molar-refractivity contribution in [2.75, 3.05) is 13.2 Å². The molecule has 0 bridgehead atoms. The maximum atomic E-state index is 15.2. The number of carbonyl (C=O) groups is 1. The van der Waals surface area contributed by atoms with Crippen LogP contribution in [0.3, 0.4) is 0 Å². The molecule has 0 atom stereocenters. The zero-order valence-corrected chi connectivity index (χ0v) is 15.9. The second-order valence-corrected chi connectivity index (χ2v) is 7.21. The maximum absolute atomic E-state index is 15.2. The summed E-state index contributed by atoms with van der Waals surface area (Å²) in [5.41, 5.74) is 4.76. The summed E-state index contributed by atoms with van der Waals surface area (Å²) in [4.78, 5) is 12.0. The minimum atomic E-state index is -0.345. The SMILES string of the molecule is Cc1[nH]nc2c1-c1c(F)ccc3c(CCCO)c(C=O)n(c13)CCCCOC2. The molecule has 0 spiro atoms. The van der Waals surface area contributed by atoms with E-state index < -0.39 is 0 Å². The lowest BCUT2D eigenvalue weighted by Crippen LogP contribution is -2.06. The molecule has 2 aromatic heterocycles. The minimum Gasteiger partial charge on any atom is -0.396 e. The first kappa shape index (κ1) is 18.8. The molecule has 7 heteroatoms. The Labute approximate surface area is 162 Å². The Morgan fingerprint density at radius 1 is 1.36 bits per heavy atom. The third-order valence-electron chi connectivity index (χ3n) is 5.45. The van der Waals surface area contributed by atoms with Crippen LogP contribution in [0.25, 0.3) is 22.0 Å². The molecule has 0 saturated carbocycles. The summed E-state index contributed by atoms with van der Waals surface area (Å²) in [6, 6.07) is 3.20. The predicted molar refractivity (Wildman–Crippen MR) is 104 cm³/mol. The molecular formula is C21H24FN3O3. The van der Waals surface area contributed by atoms with Crippen molar-refractivity contribution >= 4 is 17.2 Å². The molecule has 0 radical (unpaired) electrons. The van der Waals surface area contributed by atoms with E-state index in [4.69, 9.17) is 4.74 Å². The first-order valence-corrected chi connectivity index (χ1v) is 9.69. The Bertz CT molecular complexity index is 1020. The molecule has 1 aromatic carbocycles. The monoisotopic (exact) mass is 385 g/mol. The second-order valence-electron chi connectivity index (χ2n) is 7.21. The number of aliphatic hydroxyl groups is 1. The van der Waals surface area contributed by atoms with Crippen LogP contribution in [0.5, 0.6) is 0 Å². The lowest BCUT2D eigenvalue weighted by atomic mass is 9.98. The quantitative estimate of drug-likeness (QED) is 0.674. The summed E-state index contributed by atoms with van der Waals surface area (Å²) in [5, 5.41) is 17.4. The number of aromatic amines is 1. The van der Waals surface area contributed by atoms with Crippen molar-refractivity contribution < 1.29 is 19.0 Å². The molecule has 0 fully saturated rings. The Kier molecular flexibility index (Phi) is 5.28. The summed E-state index contributed by atoms with van der Waals surface area (Å²) < 4.78 is 22.9. The van der Waals surface area contributed by atoms with Crippen molar-refractivity contribution in [2.24, 2.45) is 0 Å². The molecule has 0 saturated heterocycles. The first-order chi connectivity index (χ1) is 13.7. The summed E-state index contributed by atoms with van der Waals surface area (Å²) in [6.45, 7) is 3.41. The van der Waals surface area contributed by atoms with Gasteiger partial charge in [-0.1, -0.05) is 0 Å². The van der Waals surface area contributed by atoms with Gasteiger partial charge >= 0.3 is 0 Å². The standard InChI is InChI=1S/C21H24FN3O3/c1-13-19-17(24-23-13)12-28-10-3-2-8-25-18(11-27)14(5-4-9-26)15-6-7-16(22)20(19)21(15)25/h6-7,11,26H,2-5,8-10,12H2,1H3,(H,23,24). The van der Waals surface area contributed by atoms with E-state index in [0.717, 1.165) is 41.3 Å². The Morgan fingerprint density at radius 2 is 2.21 bits per heavy atom. The largest absolute Gasteiger partial charge is 0.396 e. The summed E-state index contributed by atoms with van der Waals surface area (Å²) in [7, 11) is 0. The highest BCUT2D eigenvalue weighted by molar-refractivity contribution is 6.02. The van der Waals surface area contributed by atoms with Gasteiger partial charge in [-0.3, -0.25) is 9.89 Å². The number of nitrogens with one attached hydrogen (secondary N) is 1. The third-order valence-corrected chi connectivity index (χ3v) is 5.45. The fraction of sp³-hybridized carbons (Fsp3) is 0.429. The van der Waals surface area contributed by atoms with Gasteiger partial charge in [-0.15, -0.1) is 0 Å². The number of ether oxygens (including phenoxy) is 1. The van der Waals surface area contributed by atoms with E-state index in [9.17, 15) is 9.90 Å². The molecule has 0 unspecified atom stereocenters. The van der Waals surface area contributed by atoms with E-state index in [1.807, 2.05) is 11.5 Å². The molecule has 2 N–H and O–H groups in total. The number of hydrogen-bond donors (Lipinski definition) is 2. The van der Waals surface area contributed by atoms with Crippen LogP contribution in [0, 0.1) is 12.7 Å². The number of rotatable bonds is 4. The van der Waals surface area contributed by atoms with E-state index in [1.165, 1.54) is 6.07 Å². The van der Waals surface area contributed by atoms with Crippen LogP contribution in [-0.4, -0.2) is 39.4 Å². The lowest BCUT2D eigenvalue weighted by Gasteiger charge is -2.12. The highest BCUT2D eigenvalue weighted by Gasteiger charge is 2.26. The summed E-state index contributed by atoms with van der Waals surface area (Å²) in [6.07, 6.45) is 3.64. The average molecular weight is 385 g/mol. The highest BCUT2D eigenvalue weighted by atomic mass is 19.1. The molecule has 0 aliphatic carbocycles. The number of halogens is 1. The summed E-state index contributed by atoms with van der Waals surface area (Å²) in [5.74, 6) is -0.345. The number of aliphatic hydroxyl groups excluding tert-OH is 1. The van der Waals surface area contributed by atoms with Crippen molar-refractivity contribution in [1.29, 1.82) is 0 Å². The fourth-order valence-electron chi connectivity index (χ4n) is 4.19. The molecule has 6 nitrogen and oxygen atoms in total. The number of hydrogen-bond acceptors (Lipinski definition) is 4. The first-order valence-electron chi connectivity index (χ1n) is 9.69. The van der Waals surface area contributed by atoms with Crippen molar-refractivity contribution in [1.82, 2.24) is 14.8 Å². The molecule has 3 aromatic rings. The maximum Gasteiger partial charge on any atom is 0.166 e. The topological polar surface area (TPSA) is 80.1 Å². The van der Waals surface area contributed by atoms with E-state index >= 15 is 4.39 Å². The van der Waals surface area contributed by atoms with Crippen molar-refractivity contribution in [2.45, 2.75) is 45.8 Å². The van der Waals surface area contributed by atoms with Gasteiger partial charge in [-0.25, -0.2) is 4.39 Å². The van der Waals surface area contributed by atoms with Gasteiger partial charge in [0.25, 0.3) is 0 Å². The number of aldehydes is 1. The van der Waals surface area contributed by atoms with E-state index in [2.05, 4.69) is 10.2 Å². The Morgan fingerprint density at radius 3 is 3.00 bits per heavy atom. The van der Waals surface area contributed by atoms with Crippen molar-refractivity contribution in [3.8, 4) is 11.1 Å². The molecule has 1 aliphatic heterocycles. The molecule has 4 rings (SSSR count). The number of H-pyrrole nitrogens is 1. The average Bonchev–Trinajstić information content (AvgIpc) is 3.19. The van der Waals surface area contributed by atoms with E-state index in [1.54, 1.807) is 6.07 Å². The third kappa shape index (κ3) is 3.04. The normalized spacial score (nSPS) is 14.7. The van der Waals surface area contributed by atoms with Gasteiger partial charge in [-0.2, -0.15) is 5.10 Å². The molecular weight excluding hydrogens is 361 g/mol. The number of benzene rings is 1. The number of fused-ring (bicyclic) bond motifs is 2. The van der Waals surface area contributed by atoms with E-state index in [0.29, 0.717) is 55.1 Å². The van der Waals surface area contributed by atoms with Gasteiger partial charge in [0.05, 0.1) is 23.5 Å². The van der Waals surface area contributed by atoms with Crippen LogP contribution in [0.4, 0.5) is 4.39 Å². The Balaban J connectivity index is 2.09. The second kappa shape index (κ2) is 7.85. The van der Waals surface area contributed by atoms with Gasteiger partial charge in [-0.05, 0) is 50.3 Å². The van der Waals surface area contributed by atoms with Crippen LogP contribution in [0.1, 0.15) is 46.7 Å². The molecule has 1 aliphatic rings. The van der Waals surface area contributed by atoms with Crippen LogP contribution in [0.15, 0.2) is 12.1 Å². The number of aryl methyl sites for hydroxylation is 3. The minimum absolute atomic E-state index is 0.0430. The van der Waals surface area contributed by atoms with Gasteiger partial charge in [0.2, 0.25) is 0 Å². The van der Waals surface area contributed by atoms with Crippen LogP contribution >= 0.6 is 0 Å². The van der Waals surface area contributed by atoms with E-state index in [-0.39, 0.29) is 12.4 Å². The van der Waals surface area contributed by atoms with Gasteiger partial charge in [0, 0.05) is 42.0 Å². The predicted octanol–water partition coefficient (Wildman–Crippen LogP) is 3.53. The van der Waals surface area contributed by atoms with Crippen LogP contribution in [0.2, 0.25) is 0 Å². The molecule has 28 heavy (non-hydrogen) atoms. The number of aromatic nitrogens is 3. The number of carbonyl (C=O) groups excluding carboxylic acids is 1. The van der Waals surface area contributed by atoms with Gasteiger partial charge in [0.15, 0.2) is 6.29 Å². The van der Waals surface area contributed by atoms with Crippen molar-refractivity contribution in [3.05, 3.63) is 40.6 Å². The zero-order valence-electron chi connectivity index (χ0n) is 15.9. The summed E-state index contributed by atoms with van der Waals surface area (Å²) >= 11 is 0.